The van der Waals surface area contributed by atoms with Crippen LogP contribution in [0.25, 0.3) is 11.3 Å². The molecule has 7 heteroatoms. The fourth-order valence-electron chi connectivity index (χ4n) is 3.03. The molecule has 27 heavy (non-hydrogen) atoms. The second-order valence-corrected chi connectivity index (χ2v) is 6.34. The van der Waals surface area contributed by atoms with Crippen molar-refractivity contribution in [1.29, 1.82) is 0 Å². The number of rotatable bonds is 5. The lowest BCUT2D eigenvalue weighted by molar-refractivity contribution is 0.0283. The van der Waals surface area contributed by atoms with Gasteiger partial charge in [-0.25, -0.2) is 0 Å². The Hall–Kier alpha value is -3.06. The average molecular weight is 367 g/mol. The Balaban J connectivity index is 1.45. The van der Waals surface area contributed by atoms with Gasteiger partial charge in [0.05, 0.1) is 38.6 Å². The SMILES string of the molecule is COc1ccc(Cn2cc(-c3ccc(C(=O)N4CCOCC4)o3)cn2)cc1. The van der Waals surface area contributed by atoms with Gasteiger partial charge in [0.15, 0.2) is 5.76 Å². The van der Waals surface area contributed by atoms with Crippen LogP contribution in [0.5, 0.6) is 5.75 Å². The lowest BCUT2D eigenvalue weighted by Crippen LogP contribution is -2.40. The second kappa shape index (κ2) is 7.67. The third-order valence-corrected chi connectivity index (χ3v) is 4.54. The molecule has 0 saturated carbocycles. The van der Waals surface area contributed by atoms with Gasteiger partial charge in [0.25, 0.3) is 5.91 Å². The normalized spacial score (nSPS) is 14.3. The van der Waals surface area contributed by atoms with E-state index in [2.05, 4.69) is 5.10 Å². The number of carbonyl (C=O) groups excluding carboxylic acids is 1. The third kappa shape index (κ3) is 3.88. The monoisotopic (exact) mass is 367 g/mol. The Bertz CT molecular complexity index is 907. The van der Waals surface area contributed by atoms with E-state index < -0.39 is 0 Å². The van der Waals surface area contributed by atoms with Crippen LogP contribution < -0.4 is 4.74 Å². The minimum absolute atomic E-state index is 0.102. The highest BCUT2D eigenvalue weighted by molar-refractivity contribution is 5.92. The number of furan rings is 1. The molecule has 3 heterocycles. The van der Waals surface area contributed by atoms with Gasteiger partial charge in [-0.1, -0.05) is 12.1 Å². The summed E-state index contributed by atoms with van der Waals surface area (Å²) in [7, 11) is 1.65. The highest BCUT2D eigenvalue weighted by Gasteiger charge is 2.21. The summed E-state index contributed by atoms with van der Waals surface area (Å²) in [5.41, 5.74) is 1.96. The molecule has 0 unspecified atom stereocenters. The Morgan fingerprint density at radius 2 is 1.93 bits per heavy atom. The van der Waals surface area contributed by atoms with Crippen molar-refractivity contribution in [3.63, 3.8) is 0 Å². The van der Waals surface area contributed by atoms with E-state index in [9.17, 15) is 4.79 Å². The summed E-state index contributed by atoms with van der Waals surface area (Å²) in [6.07, 6.45) is 3.65. The minimum atomic E-state index is -0.102. The topological polar surface area (TPSA) is 69.7 Å². The van der Waals surface area contributed by atoms with Gasteiger partial charge in [0, 0.05) is 19.3 Å². The first-order valence-corrected chi connectivity index (χ1v) is 8.85. The molecule has 2 aromatic heterocycles. The van der Waals surface area contributed by atoms with E-state index >= 15 is 0 Å². The first-order chi connectivity index (χ1) is 13.2. The summed E-state index contributed by atoms with van der Waals surface area (Å²) in [6, 6.07) is 11.4. The Kier molecular flexibility index (Phi) is 4.93. The Labute approximate surface area is 157 Å². The van der Waals surface area contributed by atoms with Crippen LogP contribution in [-0.2, 0) is 11.3 Å². The number of amides is 1. The third-order valence-electron chi connectivity index (χ3n) is 4.54. The fourth-order valence-corrected chi connectivity index (χ4v) is 3.03. The van der Waals surface area contributed by atoms with Crippen LogP contribution in [0.4, 0.5) is 0 Å². The van der Waals surface area contributed by atoms with Crippen molar-refractivity contribution in [3.05, 3.63) is 60.1 Å². The summed E-state index contributed by atoms with van der Waals surface area (Å²) in [6.45, 7) is 2.96. The number of carbonyl (C=O) groups is 1. The summed E-state index contributed by atoms with van der Waals surface area (Å²) in [5.74, 6) is 1.70. The molecule has 0 atom stereocenters. The first kappa shape index (κ1) is 17.4. The van der Waals surface area contributed by atoms with Crippen molar-refractivity contribution in [2.45, 2.75) is 6.54 Å². The van der Waals surface area contributed by atoms with E-state index in [-0.39, 0.29) is 5.91 Å². The maximum Gasteiger partial charge on any atom is 0.289 e. The number of hydrogen-bond donors (Lipinski definition) is 0. The van der Waals surface area contributed by atoms with Crippen LogP contribution in [0.1, 0.15) is 16.1 Å². The quantitative estimate of drug-likeness (QED) is 0.693. The molecular weight excluding hydrogens is 346 g/mol. The standard InChI is InChI=1S/C20H21N3O4/c1-25-17-4-2-15(3-5-17)13-23-14-16(12-21-23)18-6-7-19(27-18)20(24)22-8-10-26-11-9-22/h2-7,12,14H,8-11,13H2,1H3. The van der Waals surface area contributed by atoms with Gasteiger partial charge in [-0.05, 0) is 29.8 Å². The zero-order chi connectivity index (χ0) is 18.6. The molecule has 3 aromatic rings. The summed E-state index contributed by atoms with van der Waals surface area (Å²) >= 11 is 0. The molecule has 1 aromatic carbocycles. The van der Waals surface area contributed by atoms with Crippen LogP contribution >= 0.6 is 0 Å². The van der Waals surface area contributed by atoms with Crippen molar-refractivity contribution in [1.82, 2.24) is 14.7 Å². The van der Waals surface area contributed by atoms with Crippen LogP contribution in [0.3, 0.4) is 0 Å². The molecule has 1 aliphatic heterocycles. The maximum atomic E-state index is 12.5. The number of ether oxygens (including phenoxy) is 2. The molecule has 0 radical (unpaired) electrons. The van der Waals surface area contributed by atoms with Crippen molar-refractivity contribution >= 4 is 5.91 Å². The van der Waals surface area contributed by atoms with E-state index in [1.165, 1.54) is 0 Å². The molecule has 1 fully saturated rings. The summed E-state index contributed by atoms with van der Waals surface area (Å²) in [5, 5.41) is 4.39. The predicted octanol–water partition coefficient (Wildman–Crippen LogP) is 2.67. The van der Waals surface area contributed by atoms with Crippen molar-refractivity contribution in [3.8, 4) is 17.1 Å². The van der Waals surface area contributed by atoms with Crippen LogP contribution in [0, 0.1) is 0 Å². The average Bonchev–Trinajstić information content (AvgIpc) is 3.38. The minimum Gasteiger partial charge on any atom is -0.497 e. The fraction of sp³-hybridized carbons (Fsp3) is 0.300. The van der Waals surface area contributed by atoms with Crippen LogP contribution in [0.2, 0.25) is 0 Å². The molecule has 0 aliphatic carbocycles. The van der Waals surface area contributed by atoms with E-state index in [1.54, 1.807) is 24.3 Å². The van der Waals surface area contributed by atoms with E-state index in [4.69, 9.17) is 13.9 Å². The smallest absolute Gasteiger partial charge is 0.289 e. The van der Waals surface area contributed by atoms with Crippen molar-refractivity contribution < 1.29 is 18.7 Å². The number of nitrogens with zero attached hydrogens (tertiary/aromatic N) is 3. The van der Waals surface area contributed by atoms with Crippen molar-refractivity contribution in [2.75, 3.05) is 33.4 Å². The van der Waals surface area contributed by atoms with Crippen molar-refractivity contribution in [2.24, 2.45) is 0 Å². The van der Waals surface area contributed by atoms with E-state index in [0.717, 1.165) is 16.9 Å². The molecule has 0 bridgehead atoms. The zero-order valence-corrected chi connectivity index (χ0v) is 15.1. The maximum absolute atomic E-state index is 12.5. The predicted molar refractivity (Wildman–Crippen MR) is 98.7 cm³/mol. The molecule has 7 nitrogen and oxygen atoms in total. The zero-order valence-electron chi connectivity index (χ0n) is 15.1. The molecule has 0 spiro atoms. The highest BCUT2D eigenvalue weighted by atomic mass is 16.5. The summed E-state index contributed by atoms with van der Waals surface area (Å²) < 4.78 is 18.1. The van der Waals surface area contributed by atoms with E-state index in [0.29, 0.717) is 44.4 Å². The Morgan fingerprint density at radius 1 is 1.15 bits per heavy atom. The number of methoxy groups -OCH3 is 1. The molecule has 1 saturated heterocycles. The van der Waals surface area contributed by atoms with Gasteiger partial charge in [0.2, 0.25) is 0 Å². The van der Waals surface area contributed by atoms with Crippen LogP contribution in [0.15, 0.2) is 53.2 Å². The van der Waals surface area contributed by atoms with Gasteiger partial charge >= 0.3 is 0 Å². The molecular formula is C20H21N3O4. The molecule has 0 N–H and O–H groups in total. The first-order valence-electron chi connectivity index (χ1n) is 8.85. The number of aromatic nitrogens is 2. The van der Waals surface area contributed by atoms with Gasteiger partial charge in [-0.3, -0.25) is 9.48 Å². The van der Waals surface area contributed by atoms with E-state index in [1.807, 2.05) is 41.2 Å². The number of benzene rings is 1. The largest absolute Gasteiger partial charge is 0.497 e. The highest BCUT2D eigenvalue weighted by Crippen LogP contribution is 2.23. The second-order valence-electron chi connectivity index (χ2n) is 6.34. The lowest BCUT2D eigenvalue weighted by Gasteiger charge is -2.25. The lowest BCUT2D eigenvalue weighted by atomic mass is 10.2. The van der Waals surface area contributed by atoms with Gasteiger partial charge in [-0.2, -0.15) is 5.10 Å². The Morgan fingerprint density at radius 3 is 2.67 bits per heavy atom. The van der Waals surface area contributed by atoms with Gasteiger partial charge in [-0.15, -0.1) is 0 Å². The molecule has 1 aliphatic rings. The molecule has 1 amide bonds. The molecule has 140 valence electrons. The van der Waals surface area contributed by atoms with Gasteiger partial charge in [0.1, 0.15) is 11.5 Å². The van der Waals surface area contributed by atoms with Crippen LogP contribution in [-0.4, -0.2) is 54.0 Å². The molecule has 4 rings (SSSR count). The number of hydrogen-bond acceptors (Lipinski definition) is 5. The van der Waals surface area contributed by atoms with Gasteiger partial charge < -0.3 is 18.8 Å². The number of morpholine rings is 1. The summed E-state index contributed by atoms with van der Waals surface area (Å²) in [4.78, 5) is 14.2.